The van der Waals surface area contributed by atoms with E-state index in [2.05, 4.69) is 29.2 Å². The molecule has 0 N–H and O–H groups in total. The number of anilines is 1. The number of carbonyl (C=O) groups excluding carboxylic acids is 1. The number of piperidine rings is 1. The fourth-order valence-electron chi connectivity index (χ4n) is 4.21. The highest BCUT2D eigenvalue weighted by molar-refractivity contribution is 5.81. The molecular formula is C19H26N2O3. The van der Waals surface area contributed by atoms with E-state index in [9.17, 15) is 4.79 Å². The second-order valence-corrected chi connectivity index (χ2v) is 7.15. The normalized spacial score (nSPS) is 30.8. The molecule has 5 nitrogen and oxygen atoms in total. The lowest BCUT2D eigenvalue weighted by Gasteiger charge is -2.48. The fourth-order valence-corrected chi connectivity index (χ4v) is 4.21. The Kier molecular flexibility index (Phi) is 4.46. The van der Waals surface area contributed by atoms with Crippen molar-refractivity contribution in [2.24, 2.45) is 0 Å². The molecule has 1 amide bonds. The molecule has 24 heavy (non-hydrogen) atoms. The minimum Gasteiger partial charge on any atom is -0.369 e. The summed E-state index contributed by atoms with van der Waals surface area (Å²) in [6.45, 7) is 4.62. The van der Waals surface area contributed by atoms with Crippen LogP contribution in [-0.2, 0) is 14.3 Å². The maximum Gasteiger partial charge on any atom is 0.251 e. The highest BCUT2D eigenvalue weighted by Gasteiger charge is 2.43. The van der Waals surface area contributed by atoms with Crippen LogP contribution < -0.4 is 4.90 Å². The van der Waals surface area contributed by atoms with Gasteiger partial charge in [0, 0.05) is 31.9 Å². The van der Waals surface area contributed by atoms with Gasteiger partial charge >= 0.3 is 0 Å². The van der Waals surface area contributed by atoms with Gasteiger partial charge < -0.3 is 19.3 Å². The Hall–Kier alpha value is -1.59. The number of para-hydroxylation sites is 1. The first-order valence-electron chi connectivity index (χ1n) is 9.10. The molecule has 3 aliphatic heterocycles. The first-order chi connectivity index (χ1) is 11.8. The lowest BCUT2D eigenvalue weighted by molar-refractivity contribution is -0.160. The average molecular weight is 330 g/mol. The van der Waals surface area contributed by atoms with Crippen LogP contribution in [0, 0.1) is 0 Å². The zero-order valence-corrected chi connectivity index (χ0v) is 14.2. The molecule has 3 aliphatic rings. The summed E-state index contributed by atoms with van der Waals surface area (Å²) in [6, 6.07) is 10.5. The molecule has 1 spiro atoms. The summed E-state index contributed by atoms with van der Waals surface area (Å²) in [6.07, 6.45) is 3.74. The van der Waals surface area contributed by atoms with Gasteiger partial charge in [0.2, 0.25) is 0 Å². The number of rotatable bonds is 2. The summed E-state index contributed by atoms with van der Waals surface area (Å²) in [5, 5.41) is 0. The molecule has 0 saturated carbocycles. The van der Waals surface area contributed by atoms with Crippen molar-refractivity contribution < 1.29 is 14.3 Å². The number of amides is 1. The Morgan fingerprint density at radius 1 is 1.08 bits per heavy atom. The molecule has 3 heterocycles. The number of ether oxygens (including phenoxy) is 2. The molecule has 0 aromatic heterocycles. The minimum atomic E-state index is -0.236. The lowest BCUT2D eigenvalue weighted by atomic mass is 9.90. The van der Waals surface area contributed by atoms with Crippen molar-refractivity contribution in [3.63, 3.8) is 0 Å². The van der Waals surface area contributed by atoms with Crippen LogP contribution in [-0.4, -0.2) is 61.9 Å². The van der Waals surface area contributed by atoms with E-state index in [4.69, 9.17) is 9.47 Å². The fraction of sp³-hybridized carbons (Fsp3) is 0.632. The summed E-state index contributed by atoms with van der Waals surface area (Å²) >= 11 is 0. The molecule has 2 atom stereocenters. The number of nitrogens with zero attached hydrogens (tertiary/aromatic N) is 2. The van der Waals surface area contributed by atoms with Gasteiger partial charge in [-0.1, -0.05) is 18.2 Å². The smallest absolute Gasteiger partial charge is 0.251 e. The van der Waals surface area contributed by atoms with Crippen LogP contribution in [0.3, 0.4) is 0 Å². The zero-order valence-electron chi connectivity index (χ0n) is 14.2. The molecule has 1 aromatic rings. The van der Waals surface area contributed by atoms with E-state index in [0.29, 0.717) is 26.3 Å². The minimum absolute atomic E-state index is 0.159. The summed E-state index contributed by atoms with van der Waals surface area (Å²) in [4.78, 5) is 17.1. The van der Waals surface area contributed by atoms with E-state index in [1.54, 1.807) is 0 Å². The second kappa shape index (κ2) is 6.73. The second-order valence-electron chi connectivity index (χ2n) is 7.15. The maximum atomic E-state index is 12.7. The lowest BCUT2D eigenvalue weighted by Crippen LogP contribution is -2.61. The van der Waals surface area contributed by atoms with E-state index in [-0.39, 0.29) is 17.6 Å². The van der Waals surface area contributed by atoms with Gasteiger partial charge in [-0.3, -0.25) is 4.79 Å². The zero-order chi connectivity index (χ0) is 16.4. The standard InChI is InChI=1S/C19H26N2O3/c22-18(17-8-4-12-23-17)21-11-13-24-19(15-21)9-5-10-20(14-19)16-6-2-1-3-7-16/h1-3,6-7,17H,4-5,8-15H2/t17-,19?/m0/s1. The monoisotopic (exact) mass is 330 g/mol. The van der Waals surface area contributed by atoms with Crippen LogP contribution in [0.25, 0.3) is 0 Å². The van der Waals surface area contributed by atoms with Crippen LogP contribution in [0.15, 0.2) is 30.3 Å². The van der Waals surface area contributed by atoms with Crippen molar-refractivity contribution in [3.8, 4) is 0 Å². The van der Waals surface area contributed by atoms with Crippen molar-refractivity contribution in [1.29, 1.82) is 0 Å². The van der Waals surface area contributed by atoms with Gasteiger partial charge in [-0.25, -0.2) is 0 Å². The molecule has 1 unspecified atom stereocenters. The van der Waals surface area contributed by atoms with Crippen LogP contribution in [0.4, 0.5) is 5.69 Å². The summed E-state index contributed by atoms with van der Waals surface area (Å²) in [5.74, 6) is 0.159. The largest absolute Gasteiger partial charge is 0.369 e. The molecule has 4 rings (SSSR count). The van der Waals surface area contributed by atoms with Crippen molar-refractivity contribution in [3.05, 3.63) is 30.3 Å². The van der Waals surface area contributed by atoms with Gasteiger partial charge in [0.15, 0.2) is 0 Å². The van der Waals surface area contributed by atoms with Crippen LogP contribution in [0.5, 0.6) is 0 Å². The van der Waals surface area contributed by atoms with Gasteiger partial charge in [-0.05, 0) is 37.8 Å². The van der Waals surface area contributed by atoms with Gasteiger partial charge in [-0.2, -0.15) is 0 Å². The third kappa shape index (κ3) is 3.15. The molecule has 0 aliphatic carbocycles. The van der Waals surface area contributed by atoms with E-state index in [1.165, 1.54) is 5.69 Å². The van der Waals surface area contributed by atoms with Gasteiger partial charge in [0.05, 0.1) is 13.2 Å². The highest BCUT2D eigenvalue weighted by Crippen LogP contribution is 2.32. The Balaban J connectivity index is 1.46. The maximum absolute atomic E-state index is 12.7. The number of morpholine rings is 1. The molecule has 1 aromatic carbocycles. The van der Waals surface area contributed by atoms with Crippen molar-refractivity contribution in [2.45, 2.75) is 37.4 Å². The molecule has 130 valence electrons. The number of carbonyl (C=O) groups is 1. The molecule has 0 radical (unpaired) electrons. The first kappa shape index (κ1) is 15.9. The third-order valence-electron chi connectivity index (χ3n) is 5.43. The van der Waals surface area contributed by atoms with Crippen LogP contribution >= 0.6 is 0 Å². The molecule has 5 heteroatoms. The Morgan fingerprint density at radius 3 is 2.75 bits per heavy atom. The van der Waals surface area contributed by atoms with Gasteiger partial charge in [0.25, 0.3) is 5.91 Å². The summed E-state index contributed by atoms with van der Waals surface area (Å²) in [7, 11) is 0. The predicted molar refractivity (Wildman–Crippen MR) is 92.1 cm³/mol. The van der Waals surface area contributed by atoms with Gasteiger partial charge in [0.1, 0.15) is 11.7 Å². The van der Waals surface area contributed by atoms with E-state index >= 15 is 0 Å². The van der Waals surface area contributed by atoms with Gasteiger partial charge in [-0.15, -0.1) is 0 Å². The predicted octanol–water partition coefficient (Wildman–Crippen LogP) is 2.06. The van der Waals surface area contributed by atoms with Crippen LogP contribution in [0.2, 0.25) is 0 Å². The van der Waals surface area contributed by atoms with Crippen LogP contribution in [0.1, 0.15) is 25.7 Å². The quantitative estimate of drug-likeness (QED) is 0.832. The number of hydrogen-bond acceptors (Lipinski definition) is 4. The average Bonchev–Trinajstić information content (AvgIpc) is 3.17. The molecule has 0 bridgehead atoms. The topological polar surface area (TPSA) is 42.0 Å². The Morgan fingerprint density at radius 2 is 1.96 bits per heavy atom. The SMILES string of the molecule is O=C([C@@H]1CCCO1)N1CCOC2(CCCN(c3ccccc3)C2)C1. The van der Waals surface area contributed by atoms with Crippen molar-refractivity contribution in [1.82, 2.24) is 4.90 Å². The van der Waals surface area contributed by atoms with E-state index in [0.717, 1.165) is 38.8 Å². The number of benzene rings is 1. The van der Waals surface area contributed by atoms with Crippen molar-refractivity contribution >= 4 is 11.6 Å². The Bertz CT molecular complexity index is 569. The molecule has 3 saturated heterocycles. The highest BCUT2D eigenvalue weighted by atomic mass is 16.5. The summed E-state index contributed by atoms with van der Waals surface area (Å²) < 4.78 is 11.8. The molecule has 3 fully saturated rings. The van der Waals surface area contributed by atoms with E-state index < -0.39 is 0 Å². The third-order valence-corrected chi connectivity index (χ3v) is 5.43. The summed E-state index contributed by atoms with van der Waals surface area (Å²) in [5.41, 5.74) is 1.00. The number of hydrogen-bond donors (Lipinski definition) is 0. The Labute approximate surface area is 143 Å². The van der Waals surface area contributed by atoms with Crippen molar-refractivity contribution in [2.75, 3.05) is 44.3 Å². The molecular weight excluding hydrogens is 304 g/mol. The van der Waals surface area contributed by atoms with E-state index in [1.807, 2.05) is 11.0 Å². The first-order valence-corrected chi connectivity index (χ1v) is 9.10.